The highest BCUT2D eigenvalue weighted by Crippen LogP contribution is 2.24. The fraction of sp³-hybridized carbons (Fsp3) is 0.562. The van der Waals surface area contributed by atoms with Gasteiger partial charge in [0.05, 0.1) is 6.61 Å². The van der Waals surface area contributed by atoms with E-state index in [1.165, 1.54) is 0 Å². The predicted molar refractivity (Wildman–Crippen MR) is 84.3 cm³/mol. The number of ether oxygens (including phenoxy) is 1. The standard InChI is InChI=1S/C16H24ClNO2/c1-4-6-7-11-16(3,15(19)20-5-2)18-14-10-8-9-13(17)12-14/h8-10,12,18H,4-7,11H2,1-3H3. The van der Waals surface area contributed by atoms with Crippen molar-refractivity contribution < 1.29 is 9.53 Å². The molecule has 3 nitrogen and oxygen atoms in total. The summed E-state index contributed by atoms with van der Waals surface area (Å²) in [6, 6.07) is 7.40. The van der Waals surface area contributed by atoms with Crippen molar-refractivity contribution in [3.05, 3.63) is 29.3 Å². The third-order valence-corrected chi connectivity index (χ3v) is 3.49. The molecular formula is C16H24ClNO2. The summed E-state index contributed by atoms with van der Waals surface area (Å²) in [4.78, 5) is 12.2. The van der Waals surface area contributed by atoms with Gasteiger partial charge < -0.3 is 10.1 Å². The summed E-state index contributed by atoms with van der Waals surface area (Å²) in [5.41, 5.74) is 0.125. The molecule has 0 aliphatic carbocycles. The monoisotopic (exact) mass is 297 g/mol. The maximum Gasteiger partial charge on any atom is 0.331 e. The third kappa shape index (κ3) is 5.04. The second-order valence-corrected chi connectivity index (χ2v) is 5.58. The van der Waals surface area contributed by atoms with Crippen molar-refractivity contribution in [3.63, 3.8) is 0 Å². The highest BCUT2D eigenvalue weighted by atomic mass is 35.5. The lowest BCUT2D eigenvalue weighted by Gasteiger charge is -2.29. The molecule has 1 rings (SSSR count). The van der Waals surface area contributed by atoms with Crippen LogP contribution in [0.4, 0.5) is 5.69 Å². The number of anilines is 1. The second kappa shape index (κ2) is 8.15. The van der Waals surface area contributed by atoms with E-state index in [4.69, 9.17) is 16.3 Å². The molecule has 0 aliphatic rings. The van der Waals surface area contributed by atoms with Gasteiger partial charge in [-0.05, 0) is 38.5 Å². The van der Waals surface area contributed by atoms with Crippen LogP contribution in [0.3, 0.4) is 0 Å². The van der Waals surface area contributed by atoms with Crippen LogP contribution in [0, 0.1) is 0 Å². The highest BCUT2D eigenvalue weighted by Gasteiger charge is 2.34. The van der Waals surface area contributed by atoms with Gasteiger partial charge in [0.2, 0.25) is 0 Å². The molecule has 0 amide bonds. The van der Waals surface area contributed by atoms with Crippen LogP contribution in [0.2, 0.25) is 5.02 Å². The van der Waals surface area contributed by atoms with Gasteiger partial charge in [-0.2, -0.15) is 0 Å². The van der Waals surface area contributed by atoms with Crippen LogP contribution in [0.1, 0.15) is 46.5 Å². The maximum absolute atomic E-state index is 12.2. The number of rotatable bonds is 8. The fourth-order valence-corrected chi connectivity index (χ4v) is 2.31. The maximum atomic E-state index is 12.2. The topological polar surface area (TPSA) is 38.3 Å². The van der Waals surface area contributed by atoms with Crippen LogP contribution in [-0.4, -0.2) is 18.1 Å². The summed E-state index contributed by atoms with van der Waals surface area (Å²) in [5, 5.41) is 3.93. The van der Waals surface area contributed by atoms with Crippen molar-refractivity contribution in [2.45, 2.75) is 52.0 Å². The number of esters is 1. The predicted octanol–water partition coefficient (Wildman–Crippen LogP) is 4.65. The summed E-state index contributed by atoms with van der Waals surface area (Å²) >= 11 is 5.99. The summed E-state index contributed by atoms with van der Waals surface area (Å²) in [5.74, 6) is -0.212. The Balaban J connectivity index is 2.83. The Hall–Kier alpha value is -1.22. The molecule has 0 aliphatic heterocycles. The van der Waals surface area contributed by atoms with Gasteiger partial charge in [0, 0.05) is 10.7 Å². The van der Waals surface area contributed by atoms with Crippen LogP contribution in [0.25, 0.3) is 0 Å². The Morgan fingerprint density at radius 2 is 2.10 bits per heavy atom. The highest BCUT2D eigenvalue weighted by molar-refractivity contribution is 6.30. The van der Waals surface area contributed by atoms with Crippen molar-refractivity contribution in [2.24, 2.45) is 0 Å². The van der Waals surface area contributed by atoms with Crippen LogP contribution in [0.5, 0.6) is 0 Å². The molecule has 4 heteroatoms. The lowest BCUT2D eigenvalue weighted by molar-refractivity contribution is -0.148. The zero-order valence-electron chi connectivity index (χ0n) is 12.5. The number of hydrogen-bond donors (Lipinski definition) is 1. The van der Waals surface area contributed by atoms with E-state index in [-0.39, 0.29) is 5.97 Å². The molecule has 1 unspecified atom stereocenters. The normalized spacial score (nSPS) is 13.6. The number of carbonyl (C=O) groups is 1. The molecule has 1 N–H and O–H groups in total. The number of unbranched alkanes of at least 4 members (excludes halogenated alkanes) is 2. The Kier molecular flexibility index (Phi) is 6.86. The van der Waals surface area contributed by atoms with Gasteiger partial charge in [-0.3, -0.25) is 0 Å². The molecule has 1 aromatic carbocycles. The molecule has 0 spiro atoms. The van der Waals surface area contributed by atoms with E-state index in [0.717, 1.165) is 31.4 Å². The van der Waals surface area contributed by atoms with E-state index in [1.807, 2.05) is 38.1 Å². The smallest absolute Gasteiger partial charge is 0.331 e. The number of hydrogen-bond acceptors (Lipinski definition) is 3. The number of benzene rings is 1. The van der Waals surface area contributed by atoms with E-state index >= 15 is 0 Å². The SMILES string of the molecule is CCCCCC(C)(Nc1cccc(Cl)c1)C(=O)OCC. The van der Waals surface area contributed by atoms with Crippen LogP contribution in [-0.2, 0) is 9.53 Å². The Morgan fingerprint density at radius 3 is 2.70 bits per heavy atom. The van der Waals surface area contributed by atoms with E-state index in [0.29, 0.717) is 11.6 Å². The Labute approximate surface area is 126 Å². The molecule has 20 heavy (non-hydrogen) atoms. The Morgan fingerprint density at radius 1 is 1.35 bits per heavy atom. The zero-order valence-corrected chi connectivity index (χ0v) is 13.3. The lowest BCUT2D eigenvalue weighted by atomic mass is 9.94. The van der Waals surface area contributed by atoms with Crippen molar-refractivity contribution in [2.75, 3.05) is 11.9 Å². The van der Waals surface area contributed by atoms with E-state index < -0.39 is 5.54 Å². The second-order valence-electron chi connectivity index (χ2n) is 5.15. The van der Waals surface area contributed by atoms with E-state index in [9.17, 15) is 4.79 Å². The van der Waals surface area contributed by atoms with Crippen LogP contribution >= 0.6 is 11.6 Å². The molecule has 0 saturated carbocycles. The molecule has 1 aromatic rings. The number of halogens is 1. The molecule has 0 fully saturated rings. The lowest BCUT2D eigenvalue weighted by Crippen LogP contribution is -2.44. The first-order valence-electron chi connectivity index (χ1n) is 7.23. The average molecular weight is 298 g/mol. The van der Waals surface area contributed by atoms with Gasteiger partial charge in [0.15, 0.2) is 0 Å². The third-order valence-electron chi connectivity index (χ3n) is 3.25. The van der Waals surface area contributed by atoms with Gasteiger partial charge in [-0.25, -0.2) is 4.79 Å². The summed E-state index contributed by atoms with van der Waals surface area (Å²) in [6.07, 6.45) is 3.95. The van der Waals surface area contributed by atoms with Gasteiger partial charge in [0.1, 0.15) is 5.54 Å². The quantitative estimate of drug-likeness (QED) is 0.560. The molecule has 0 saturated heterocycles. The van der Waals surface area contributed by atoms with Crippen LogP contribution < -0.4 is 5.32 Å². The number of carbonyl (C=O) groups excluding carboxylic acids is 1. The zero-order chi connectivity index (χ0) is 15.0. The van der Waals surface area contributed by atoms with Crippen molar-refractivity contribution in [1.29, 1.82) is 0 Å². The molecular weight excluding hydrogens is 274 g/mol. The van der Waals surface area contributed by atoms with Gasteiger partial charge >= 0.3 is 5.97 Å². The summed E-state index contributed by atoms with van der Waals surface area (Å²) < 4.78 is 5.21. The Bertz CT molecular complexity index is 436. The summed E-state index contributed by atoms with van der Waals surface area (Å²) in [7, 11) is 0. The van der Waals surface area contributed by atoms with E-state index in [1.54, 1.807) is 0 Å². The molecule has 0 aromatic heterocycles. The van der Waals surface area contributed by atoms with Crippen molar-refractivity contribution in [1.82, 2.24) is 0 Å². The van der Waals surface area contributed by atoms with Gasteiger partial charge in [-0.1, -0.05) is 43.9 Å². The van der Waals surface area contributed by atoms with Crippen molar-refractivity contribution in [3.8, 4) is 0 Å². The minimum atomic E-state index is -0.712. The summed E-state index contributed by atoms with van der Waals surface area (Å²) in [6.45, 7) is 6.25. The molecule has 112 valence electrons. The first-order valence-corrected chi connectivity index (χ1v) is 7.60. The van der Waals surface area contributed by atoms with Gasteiger partial charge in [-0.15, -0.1) is 0 Å². The molecule has 0 bridgehead atoms. The van der Waals surface area contributed by atoms with Gasteiger partial charge in [0.25, 0.3) is 0 Å². The minimum absolute atomic E-state index is 0.212. The first kappa shape index (κ1) is 16.8. The van der Waals surface area contributed by atoms with Crippen LogP contribution in [0.15, 0.2) is 24.3 Å². The fourth-order valence-electron chi connectivity index (χ4n) is 2.12. The average Bonchev–Trinajstić information content (AvgIpc) is 2.39. The minimum Gasteiger partial charge on any atom is -0.464 e. The van der Waals surface area contributed by atoms with E-state index in [2.05, 4.69) is 12.2 Å². The number of nitrogens with one attached hydrogen (secondary N) is 1. The molecule has 1 atom stereocenters. The van der Waals surface area contributed by atoms with Crippen molar-refractivity contribution >= 4 is 23.3 Å². The largest absolute Gasteiger partial charge is 0.464 e. The molecule has 0 heterocycles. The first-order chi connectivity index (χ1) is 9.51. The molecule has 0 radical (unpaired) electrons.